The van der Waals surface area contributed by atoms with Gasteiger partial charge in [-0.3, -0.25) is 9.59 Å². The zero-order valence-corrected chi connectivity index (χ0v) is 12.3. The molecule has 0 amide bonds. The van der Waals surface area contributed by atoms with Gasteiger partial charge in [0.1, 0.15) is 9.84 Å². The van der Waals surface area contributed by atoms with Gasteiger partial charge in [-0.15, -0.1) is 0 Å². The number of carbonyl (C=O) groups is 2. The second-order valence-corrected chi connectivity index (χ2v) is 8.14. The fourth-order valence-electron chi connectivity index (χ4n) is 3.38. The van der Waals surface area contributed by atoms with Gasteiger partial charge in [0.15, 0.2) is 11.2 Å². The van der Waals surface area contributed by atoms with E-state index in [0.29, 0.717) is 19.3 Å². The number of carbonyl (C=O) groups excluding carboxylic acids is 1. The van der Waals surface area contributed by atoms with E-state index in [2.05, 4.69) is 0 Å². The molecule has 3 atom stereocenters. The summed E-state index contributed by atoms with van der Waals surface area (Å²) in [5.74, 6) is -1.96. The highest BCUT2D eigenvalue weighted by molar-refractivity contribution is 7.91. The molecule has 1 saturated heterocycles. The van der Waals surface area contributed by atoms with Crippen LogP contribution in [0, 0.1) is 11.3 Å². The van der Waals surface area contributed by atoms with E-state index < -0.39 is 32.4 Å². The Hall–Kier alpha value is -0.950. The third-order valence-electron chi connectivity index (χ3n) is 4.61. The molecule has 0 aromatic carbocycles. The third kappa shape index (κ3) is 2.61. The Morgan fingerprint density at radius 2 is 2.10 bits per heavy atom. The van der Waals surface area contributed by atoms with Crippen LogP contribution in [0.1, 0.15) is 32.1 Å². The number of carboxylic acid groups (broad SMARTS) is 1. The van der Waals surface area contributed by atoms with Gasteiger partial charge in [0.25, 0.3) is 0 Å². The van der Waals surface area contributed by atoms with Crippen molar-refractivity contribution < 1.29 is 27.9 Å². The lowest BCUT2D eigenvalue weighted by Crippen LogP contribution is -2.54. The fourth-order valence-corrected chi connectivity index (χ4v) is 4.56. The summed E-state index contributed by atoms with van der Waals surface area (Å²) in [5.41, 5.74) is -1.55. The van der Waals surface area contributed by atoms with Gasteiger partial charge in [0.05, 0.1) is 18.5 Å². The predicted molar refractivity (Wildman–Crippen MR) is 71.1 cm³/mol. The first-order chi connectivity index (χ1) is 9.28. The number of carboxylic acids is 1. The predicted octanol–water partition coefficient (Wildman–Crippen LogP) is 0.650. The molecule has 1 heterocycles. The first-order valence-corrected chi connectivity index (χ1v) is 8.77. The molecule has 1 N–H and O–H groups in total. The lowest BCUT2D eigenvalue weighted by Gasteiger charge is -2.41. The Balaban J connectivity index is 2.30. The third-order valence-corrected chi connectivity index (χ3v) is 6.25. The topological polar surface area (TPSA) is 97.7 Å². The second kappa shape index (κ2) is 5.44. The zero-order chi connectivity index (χ0) is 15.0. The van der Waals surface area contributed by atoms with Crippen molar-refractivity contribution in [3.8, 4) is 0 Å². The first-order valence-electron chi connectivity index (χ1n) is 6.82. The maximum absolute atomic E-state index is 12.2. The van der Waals surface area contributed by atoms with Crippen LogP contribution in [0.25, 0.3) is 0 Å². The summed E-state index contributed by atoms with van der Waals surface area (Å²) in [7, 11) is -3.21. The standard InChI is InChI=1S/C13H20O6S/c1-20(17,18)10-4-2-3-9(7-10)13(12(15)16)8-19-6-5-11(13)14/h9-10H,2-8H2,1H3,(H,15,16). The van der Waals surface area contributed by atoms with Crippen LogP contribution in [0.15, 0.2) is 0 Å². The average Bonchev–Trinajstić information content (AvgIpc) is 2.38. The molecule has 0 aromatic heterocycles. The molecule has 0 bridgehead atoms. The van der Waals surface area contributed by atoms with Crippen LogP contribution in [0.5, 0.6) is 0 Å². The Bertz CT molecular complexity index is 511. The number of ketones is 1. The van der Waals surface area contributed by atoms with Crippen molar-refractivity contribution in [2.24, 2.45) is 11.3 Å². The lowest BCUT2D eigenvalue weighted by molar-refractivity contribution is -0.171. The highest BCUT2D eigenvalue weighted by Gasteiger charge is 2.55. The van der Waals surface area contributed by atoms with Gasteiger partial charge >= 0.3 is 5.97 Å². The minimum Gasteiger partial charge on any atom is -0.480 e. The van der Waals surface area contributed by atoms with Crippen molar-refractivity contribution in [3.05, 3.63) is 0 Å². The van der Waals surface area contributed by atoms with E-state index in [9.17, 15) is 23.1 Å². The Kier molecular flexibility index (Phi) is 4.20. The molecule has 1 saturated carbocycles. The molecule has 20 heavy (non-hydrogen) atoms. The van der Waals surface area contributed by atoms with E-state index in [1.54, 1.807) is 0 Å². The van der Waals surface area contributed by atoms with E-state index in [1.165, 1.54) is 6.26 Å². The van der Waals surface area contributed by atoms with Gasteiger partial charge in [0.2, 0.25) is 0 Å². The van der Waals surface area contributed by atoms with Crippen LogP contribution >= 0.6 is 0 Å². The van der Waals surface area contributed by atoms with Crippen molar-refractivity contribution in [3.63, 3.8) is 0 Å². The summed E-state index contributed by atoms with van der Waals surface area (Å²) in [4.78, 5) is 23.9. The monoisotopic (exact) mass is 304 g/mol. The average molecular weight is 304 g/mol. The maximum atomic E-state index is 12.2. The summed E-state index contributed by atoms with van der Waals surface area (Å²) >= 11 is 0. The molecule has 0 aromatic rings. The summed E-state index contributed by atoms with van der Waals surface area (Å²) in [5, 5.41) is 9.00. The summed E-state index contributed by atoms with van der Waals surface area (Å²) < 4.78 is 28.7. The number of rotatable bonds is 3. The molecule has 2 rings (SSSR count). The largest absolute Gasteiger partial charge is 0.480 e. The molecule has 3 unspecified atom stereocenters. The van der Waals surface area contributed by atoms with Crippen LogP contribution in [0.2, 0.25) is 0 Å². The van der Waals surface area contributed by atoms with Gasteiger partial charge in [-0.05, 0) is 25.2 Å². The van der Waals surface area contributed by atoms with Crippen molar-refractivity contribution in [2.75, 3.05) is 19.5 Å². The first kappa shape index (κ1) is 15.4. The Labute approximate surface area is 118 Å². The van der Waals surface area contributed by atoms with Crippen LogP contribution in [-0.4, -0.2) is 50.0 Å². The zero-order valence-electron chi connectivity index (χ0n) is 11.5. The Morgan fingerprint density at radius 1 is 1.40 bits per heavy atom. The van der Waals surface area contributed by atoms with Gasteiger partial charge in [0, 0.05) is 12.7 Å². The molecule has 1 aliphatic carbocycles. The molecule has 0 spiro atoms. The molecule has 0 radical (unpaired) electrons. The van der Waals surface area contributed by atoms with E-state index in [4.69, 9.17) is 4.74 Å². The molecule has 6 nitrogen and oxygen atoms in total. The summed E-state index contributed by atoms with van der Waals surface area (Å²) in [6, 6.07) is 0. The highest BCUT2D eigenvalue weighted by atomic mass is 32.2. The van der Waals surface area contributed by atoms with Gasteiger partial charge < -0.3 is 9.84 Å². The summed E-state index contributed by atoms with van der Waals surface area (Å²) in [6.07, 6.45) is 3.23. The molecule has 2 aliphatic rings. The number of ether oxygens (including phenoxy) is 1. The minimum absolute atomic E-state index is 0.0896. The number of sulfone groups is 1. The summed E-state index contributed by atoms with van der Waals surface area (Å²) in [6.45, 7) is 0.110. The molecule has 7 heteroatoms. The maximum Gasteiger partial charge on any atom is 0.319 e. The normalized spacial score (nSPS) is 35.8. The molecule has 1 aliphatic heterocycles. The van der Waals surface area contributed by atoms with E-state index in [-0.39, 0.29) is 31.8 Å². The van der Waals surface area contributed by atoms with E-state index in [1.807, 2.05) is 0 Å². The minimum atomic E-state index is -3.21. The number of hydrogen-bond donors (Lipinski definition) is 1. The van der Waals surface area contributed by atoms with Gasteiger partial charge in [-0.25, -0.2) is 8.42 Å². The number of aliphatic carboxylic acids is 1. The molecular weight excluding hydrogens is 284 g/mol. The van der Waals surface area contributed by atoms with Crippen molar-refractivity contribution >= 4 is 21.6 Å². The van der Waals surface area contributed by atoms with Crippen LogP contribution in [0.4, 0.5) is 0 Å². The van der Waals surface area contributed by atoms with Crippen LogP contribution in [0.3, 0.4) is 0 Å². The van der Waals surface area contributed by atoms with E-state index >= 15 is 0 Å². The highest BCUT2D eigenvalue weighted by Crippen LogP contribution is 2.43. The van der Waals surface area contributed by atoms with Gasteiger partial charge in [-0.1, -0.05) is 6.42 Å². The molecule has 114 valence electrons. The smallest absolute Gasteiger partial charge is 0.319 e. The second-order valence-electron chi connectivity index (χ2n) is 5.82. The van der Waals surface area contributed by atoms with Crippen LogP contribution < -0.4 is 0 Å². The van der Waals surface area contributed by atoms with Crippen molar-refractivity contribution in [1.82, 2.24) is 0 Å². The van der Waals surface area contributed by atoms with Crippen LogP contribution in [-0.2, 0) is 24.2 Å². The quantitative estimate of drug-likeness (QED) is 0.769. The Morgan fingerprint density at radius 3 is 2.65 bits per heavy atom. The SMILES string of the molecule is CS(=O)(=O)C1CCCC(C2(C(=O)O)COCCC2=O)C1. The number of hydrogen-bond acceptors (Lipinski definition) is 5. The lowest BCUT2D eigenvalue weighted by atomic mass is 9.65. The molecular formula is C13H20O6S. The van der Waals surface area contributed by atoms with E-state index in [0.717, 1.165) is 0 Å². The van der Waals surface area contributed by atoms with Crippen molar-refractivity contribution in [1.29, 1.82) is 0 Å². The van der Waals surface area contributed by atoms with Crippen molar-refractivity contribution in [2.45, 2.75) is 37.4 Å². The van der Waals surface area contributed by atoms with Gasteiger partial charge in [-0.2, -0.15) is 0 Å². The number of Topliss-reactive ketones (excluding diaryl/α,β-unsaturated/α-hetero) is 1. The fraction of sp³-hybridized carbons (Fsp3) is 0.846. The molecule has 2 fully saturated rings.